The number of halogens is 2. The van der Waals surface area contributed by atoms with Gasteiger partial charge < -0.3 is 20.7 Å². The molecule has 3 atom stereocenters. The first-order valence-corrected chi connectivity index (χ1v) is 11.9. The van der Waals surface area contributed by atoms with Crippen molar-refractivity contribution >= 4 is 23.7 Å². The molecule has 0 aromatic heterocycles. The molecule has 0 unspecified atom stereocenters. The second kappa shape index (κ2) is 14.1. The van der Waals surface area contributed by atoms with Gasteiger partial charge in [-0.15, -0.1) is 0 Å². The smallest absolute Gasteiger partial charge is 0.329 e. The van der Waals surface area contributed by atoms with Crippen LogP contribution in [0.3, 0.4) is 0 Å². The van der Waals surface area contributed by atoms with Gasteiger partial charge in [0.15, 0.2) is 6.61 Å². The summed E-state index contributed by atoms with van der Waals surface area (Å²) >= 11 is 0. The molecule has 1 saturated heterocycles. The molecular weight excluding hydrogens is 436 g/mol. The minimum Gasteiger partial charge on any atom is -0.458 e. The first kappa shape index (κ1) is 28.8. The lowest BCUT2D eigenvalue weighted by Crippen LogP contribution is -2.55. The van der Waals surface area contributed by atoms with Crippen molar-refractivity contribution < 1.29 is 32.7 Å². The van der Waals surface area contributed by atoms with Crippen LogP contribution < -0.4 is 16.0 Å². The maximum atomic E-state index is 14.2. The number of carbonyl (C=O) groups is 4. The number of hydrogen-bond donors (Lipinski definition) is 3. The summed E-state index contributed by atoms with van der Waals surface area (Å²) in [6.07, 6.45) is 4.44. The van der Waals surface area contributed by atoms with E-state index in [1.807, 2.05) is 0 Å². The molecule has 33 heavy (non-hydrogen) atoms. The van der Waals surface area contributed by atoms with E-state index in [1.54, 1.807) is 27.7 Å². The van der Waals surface area contributed by atoms with E-state index in [0.29, 0.717) is 19.3 Å². The third kappa shape index (κ3) is 10.9. The maximum Gasteiger partial charge on any atom is 0.329 e. The van der Waals surface area contributed by atoms with Crippen LogP contribution in [-0.4, -0.2) is 54.8 Å². The van der Waals surface area contributed by atoms with E-state index >= 15 is 0 Å². The highest BCUT2D eigenvalue weighted by molar-refractivity contribution is 5.91. The fraction of sp³-hybridized carbons (Fsp3) is 0.826. The SMILES string of the molecule is CC[C@H](C)[C@@H]1NC(=O)[C@H](C(C)C)NC(=O)CCCCCCCC(=O)NCC(F)(F)COC1=O. The first-order chi connectivity index (χ1) is 15.5. The van der Waals surface area contributed by atoms with E-state index in [4.69, 9.17) is 4.74 Å². The van der Waals surface area contributed by atoms with Crippen molar-refractivity contribution in [1.82, 2.24) is 16.0 Å². The van der Waals surface area contributed by atoms with Gasteiger partial charge in [0, 0.05) is 12.8 Å². The van der Waals surface area contributed by atoms with Crippen molar-refractivity contribution in [3.63, 3.8) is 0 Å². The van der Waals surface area contributed by atoms with Crippen molar-refractivity contribution in [1.29, 1.82) is 0 Å². The van der Waals surface area contributed by atoms with Crippen molar-refractivity contribution in [2.24, 2.45) is 11.8 Å². The summed E-state index contributed by atoms with van der Waals surface area (Å²) < 4.78 is 33.1. The standard InChI is InChI=1S/C23H39F2N3O5/c1-5-16(4)20-22(32)33-14-23(24,25)13-26-17(29)11-9-7-6-8-10-12-18(30)27-19(15(2)3)21(31)28-20/h15-16,19-20H,5-14H2,1-4H3,(H,26,29)(H,27,30)(H,28,31)/t16-,19-,20-/m0/s1. The number of ether oxygens (including phenoxy) is 1. The van der Waals surface area contributed by atoms with E-state index in [0.717, 1.165) is 19.3 Å². The molecule has 0 aromatic rings. The van der Waals surface area contributed by atoms with Crippen molar-refractivity contribution in [3.8, 4) is 0 Å². The number of cyclic esters (lactones) is 1. The lowest BCUT2D eigenvalue weighted by Gasteiger charge is -2.28. The van der Waals surface area contributed by atoms with Crippen molar-refractivity contribution in [3.05, 3.63) is 0 Å². The van der Waals surface area contributed by atoms with Crippen LogP contribution in [0.25, 0.3) is 0 Å². The van der Waals surface area contributed by atoms with Crippen molar-refractivity contribution in [2.75, 3.05) is 13.2 Å². The minimum absolute atomic E-state index is 0.133. The predicted octanol–water partition coefficient (Wildman–Crippen LogP) is 2.70. The monoisotopic (exact) mass is 475 g/mol. The van der Waals surface area contributed by atoms with Gasteiger partial charge in [-0.05, 0) is 24.7 Å². The number of nitrogens with one attached hydrogen (secondary N) is 3. The minimum atomic E-state index is -3.44. The normalized spacial score (nSPS) is 25.9. The van der Waals surface area contributed by atoms with Crippen LogP contribution in [0.15, 0.2) is 0 Å². The van der Waals surface area contributed by atoms with Gasteiger partial charge in [-0.25, -0.2) is 13.6 Å². The molecule has 0 saturated carbocycles. The molecular formula is C23H39F2N3O5. The summed E-state index contributed by atoms with van der Waals surface area (Å²) in [5.74, 6) is -6.35. The Morgan fingerprint density at radius 3 is 2.06 bits per heavy atom. The highest BCUT2D eigenvalue weighted by atomic mass is 19.3. The summed E-state index contributed by atoms with van der Waals surface area (Å²) in [7, 11) is 0. The van der Waals surface area contributed by atoms with E-state index < -0.39 is 48.9 Å². The zero-order valence-electron chi connectivity index (χ0n) is 20.2. The molecule has 1 heterocycles. The van der Waals surface area contributed by atoms with E-state index in [-0.39, 0.29) is 30.6 Å². The Hall–Kier alpha value is -2.26. The van der Waals surface area contributed by atoms with Gasteiger partial charge in [-0.2, -0.15) is 0 Å². The van der Waals surface area contributed by atoms with Crippen molar-refractivity contribution in [2.45, 2.75) is 97.1 Å². The van der Waals surface area contributed by atoms with Crippen LogP contribution in [0, 0.1) is 11.8 Å². The topological polar surface area (TPSA) is 114 Å². The molecule has 8 nitrogen and oxygen atoms in total. The Kier molecular flexibility index (Phi) is 12.3. The zero-order valence-corrected chi connectivity index (χ0v) is 20.2. The summed E-state index contributed by atoms with van der Waals surface area (Å²) in [6.45, 7) is 4.90. The number of esters is 1. The molecule has 0 spiro atoms. The molecule has 0 aromatic carbocycles. The Labute approximate surface area is 195 Å². The third-order valence-electron chi connectivity index (χ3n) is 5.81. The van der Waals surface area contributed by atoms with Gasteiger partial charge in [0.05, 0.1) is 6.54 Å². The fourth-order valence-electron chi connectivity index (χ4n) is 3.43. The van der Waals surface area contributed by atoms with Gasteiger partial charge in [-0.1, -0.05) is 53.4 Å². The van der Waals surface area contributed by atoms with Crippen LogP contribution in [0.1, 0.15) is 79.1 Å². The maximum absolute atomic E-state index is 14.2. The molecule has 1 aliphatic heterocycles. The molecule has 1 aliphatic rings. The van der Waals surface area contributed by atoms with E-state index in [1.165, 1.54) is 0 Å². The van der Waals surface area contributed by atoms with Crippen LogP contribution in [0.2, 0.25) is 0 Å². The summed E-state index contributed by atoms with van der Waals surface area (Å²) in [5, 5.41) is 7.49. The van der Waals surface area contributed by atoms with E-state index in [2.05, 4.69) is 16.0 Å². The second-order valence-electron chi connectivity index (χ2n) is 9.17. The average Bonchev–Trinajstić information content (AvgIpc) is 2.76. The highest BCUT2D eigenvalue weighted by Crippen LogP contribution is 2.17. The predicted molar refractivity (Wildman–Crippen MR) is 119 cm³/mol. The number of rotatable bonds is 3. The van der Waals surface area contributed by atoms with Gasteiger partial charge in [0.25, 0.3) is 5.92 Å². The molecule has 0 bridgehead atoms. The molecule has 190 valence electrons. The van der Waals surface area contributed by atoms with Gasteiger partial charge in [-0.3, -0.25) is 14.4 Å². The van der Waals surface area contributed by atoms with Crippen LogP contribution >= 0.6 is 0 Å². The lowest BCUT2D eigenvalue weighted by molar-refractivity contribution is -0.160. The number of alkyl halides is 2. The summed E-state index contributed by atoms with van der Waals surface area (Å²) in [4.78, 5) is 49.6. The Morgan fingerprint density at radius 1 is 0.909 bits per heavy atom. The fourth-order valence-corrected chi connectivity index (χ4v) is 3.43. The highest BCUT2D eigenvalue weighted by Gasteiger charge is 2.36. The lowest BCUT2D eigenvalue weighted by atomic mass is 9.97. The van der Waals surface area contributed by atoms with Gasteiger partial charge in [0.2, 0.25) is 17.7 Å². The largest absolute Gasteiger partial charge is 0.458 e. The average molecular weight is 476 g/mol. The van der Waals surface area contributed by atoms with Gasteiger partial charge >= 0.3 is 5.97 Å². The first-order valence-electron chi connectivity index (χ1n) is 11.9. The molecule has 3 N–H and O–H groups in total. The van der Waals surface area contributed by atoms with Crippen LogP contribution in [0.4, 0.5) is 8.78 Å². The summed E-state index contributed by atoms with van der Waals surface area (Å²) in [5.41, 5.74) is 0. The molecule has 0 aliphatic carbocycles. The summed E-state index contributed by atoms with van der Waals surface area (Å²) in [6, 6.07) is -2.00. The number of amides is 3. The second-order valence-corrected chi connectivity index (χ2v) is 9.17. The molecule has 3 amide bonds. The van der Waals surface area contributed by atoms with E-state index in [9.17, 15) is 28.0 Å². The van der Waals surface area contributed by atoms with Crippen LogP contribution in [0.5, 0.6) is 0 Å². The molecule has 10 heteroatoms. The van der Waals surface area contributed by atoms with Gasteiger partial charge in [0.1, 0.15) is 12.1 Å². The third-order valence-corrected chi connectivity index (χ3v) is 5.81. The number of carbonyl (C=O) groups excluding carboxylic acids is 4. The quantitative estimate of drug-likeness (QED) is 0.543. The zero-order chi connectivity index (χ0) is 25.0. The Morgan fingerprint density at radius 2 is 1.48 bits per heavy atom. The molecule has 1 fully saturated rings. The molecule has 1 rings (SSSR count). The van der Waals surface area contributed by atoms with Crippen LogP contribution in [-0.2, 0) is 23.9 Å². The Bertz CT molecular complexity index is 672. The number of hydrogen-bond acceptors (Lipinski definition) is 5. The molecule has 0 radical (unpaired) electrons. The Balaban J connectivity index is 3.00.